The minimum absolute atomic E-state index is 0.0152. The van der Waals surface area contributed by atoms with Crippen LogP contribution < -0.4 is 72.0 Å². The summed E-state index contributed by atoms with van der Waals surface area (Å²) in [5.74, 6) is -8.33. The van der Waals surface area contributed by atoms with Crippen LogP contribution in [-0.4, -0.2) is 182 Å². The molecule has 8 amide bonds. The van der Waals surface area contributed by atoms with Gasteiger partial charge in [-0.15, -0.1) is 0 Å². The van der Waals surface area contributed by atoms with Crippen LogP contribution in [0.2, 0.25) is 0 Å². The molecule has 0 aliphatic carbocycles. The van der Waals surface area contributed by atoms with Gasteiger partial charge in [0.15, 0.2) is 5.96 Å². The lowest BCUT2D eigenvalue weighted by Gasteiger charge is -2.27. The molecule has 1 aliphatic heterocycles. The minimum atomic E-state index is -1.57. The van der Waals surface area contributed by atoms with E-state index in [-0.39, 0.29) is 89.4 Å². The van der Waals surface area contributed by atoms with E-state index in [1.807, 2.05) is 0 Å². The Morgan fingerprint density at radius 2 is 1.44 bits per heavy atom. The number of carbonyl (C=O) groups excluding carboxylic acids is 8. The van der Waals surface area contributed by atoms with Crippen LogP contribution in [0.1, 0.15) is 84.0 Å². The fourth-order valence-electron chi connectivity index (χ4n) is 6.80. The molecule has 28 nitrogen and oxygen atoms in total. The number of nitrogens with two attached hydrogens (primary N) is 7. The number of amides is 8. The highest BCUT2D eigenvalue weighted by Crippen LogP contribution is 2.20. The van der Waals surface area contributed by atoms with Crippen molar-refractivity contribution in [2.24, 2.45) is 50.1 Å². The number of carbonyl (C=O) groups is 9. The standard InChI is InChI=1S/C42H76N16O12/c1-24(52-39(66)33(31(59)22-46)57-35(62)25(47)10-3-5-16-43)34(61)51-23-32(60)53-28(12-7-18-45)40(67)58-20-9-14-30(58)38(65)55-27(15-21-70-2)37(64)54-26(11-4-6-17-44)36(63)56-29(41(68)69)13-8-19-50-42(48)49/h13,24-27,30-31,33,59H,3-12,14-23,43-47H2,1-2H3,(H,51,61)(H,52,66)(H,54,64)(H,55,65)(H,56,63)(H,57,62)(H,68,69)(H4,48,49,50)/b29-13-,53-28?/t24-,25-,26-,27-,30-,31-,33-/m0/s1. The molecule has 0 aromatic heterocycles. The number of nitrogens with one attached hydrogen (secondary N) is 6. The SMILES string of the molecule is COCC[C@H](NC(=O)[C@@H]1CCCN1C(=O)C(CCCN)=NC(=O)CNC(=O)[C@H](C)NC(=O)[C@@H](NC(=O)[C@@H](N)CCCCN)[C@@H](O)CN)C(=O)N[C@@H](CCCCN)C(=O)N/C(=C\CCN=C(N)N)C(=O)O. The number of ether oxygens (including phenoxy) is 1. The van der Waals surface area contributed by atoms with Gasteiger partial charge in [-0.1, -0.05) is 12.5 Å². The number of nitrogens with zero attached hydrogens (tertiary/aromatic N) is 3. The van der Waals surface area contributed by atoms with Gasteiger partial charge in [-0.25, -0.2) is 9.79 Å². The van der Waals surface area contributed by atoms with Crippen LogP contribution >= 0.6 is 0 Å². The third kappa shape index (κ3) is 23.0. The molecule has 0 saturated carbocycles. The van der Waals surface area contributed by atoms with E-state index in [2.05, 4.69) is 41.9 Å². The third-order valence-electron chi connectivity index (χ3n) is 10.7. The van der Waals surface area contributed by atoms with Gasteiger partial charge in [0, 0.05) is 33.4 Å². The number of carboxylic acids is 1. The van der Waals surface area contributed by atoms with E-state index in [1.54, 1.807) is 0 Å². The van der Waals surface area contributed by atoms with Crippen LogP contribution in [0.25, 0.3) is 0 Å². The average Bonchev–Trinajstić information content (AvgIpc) is 3.82. The summed E-state index contributed by atoms with van der Waals surface area (Å²) in [5, 5.41) is 34.6. The zero-order chi connectivity index (χ0) is 52.8. The second-order valence-corrected chi connectivity index (χ2v) is 16.3. The second kappa shape index (κ2) is 34.2. The largest absolute Gasteiger partial charge is 0.477 e. The van der Waals surface area contributed by atoms with Crippen molar-refractivity contribution in [3.8, 4) is 0 Å². The van der Waals surface area contributed by atoms with Crippen molar-refractivity contribution in [1.82, 2.24) is 36.8 Å². The first-order valence-electron chi connectivity index (χ1n) is 23.2. The molecule has 0 unspecified atom stereocenters. The van der Waals surface area contributed by atoms with Gasteiger partial charge in [0.25, 0.3) is 11.8 Å². The summed E-state index contributed by atoms with van der Waals surface area (Å²) in [7, 11) is 1.37. The van der Waals surface area contributed by atoms with E-state index in [0.717, 1.165) is 0 Å². The number of hydrogen-bond donors (Lipinski definition) is 15. The van der Waals surface area contributed by atoms with Gasteiger partial charge < -0.3 is 91.9 Å². The fourth-order valence-corrected chi connectivity index (χ4v) is 6.80. The maximum absolute atomic E-state index is 14.0. The number of methoxy groups -OCH3 is 1. The van der Waals surface area contributed by atoms with Crippen LogP contribution in [0.4, 0.5) is 0 Å². The first-order valence-corrected chi connectivity index (χ1v) is 23.2. The Kier molecular flexibility index (Phi) is 30.2. The number of hydrogen-bond acceptors (Lipinski definition) is 17. The molecule has 396 valence electrons. The molecule has 1 rings (SSSR count). The molecule has 0 aromatic rings. The van der Waals surface area contributed by atoms with Gasteiger partial charge in [0.05, 0.1) is 18.7 Å². The summed E-state index contributed by atoms with van der Waals surface area (Å²) >= 11 is 0. The van der Waals surface area contributed by atoms with Crippen LogP contribution in [0.15, 0.2) is 21.8 Å². The second-order valence-electron chi connectivity index (χ2n) is 16.3. The van der Waals surface area contributed by atoms with Crippen molar-refractivity contribution in [2.45, 2.75) is 126 Å². The molecule has 70 heavy (non-hydrogen) atoms. The minimum Gasteiger partial charge on any atom is -0.477 e. The summed E-state index contributed by atoms with van der Waals surface area (Å²) in [4.78, 5) is 128. The molecular weight excluding hydrogens is 921 g/mol. The predicted molar refractivity (Wildman–Crippen MR) is 256 cm³/mol. The summed E-state index contributed by atoms with van der Waals surface area (Å²) in [6.07, 6.45) is 2.66. The molecular formula is C42H76N16O12. The van der Waals surface area contributed by atoms with Crippen LogP contribution in [-0.2, 0) is 47.9 Å². The number of guanidine groups is 1. The van der Waals surface area contributed by atoms with Crippen molar-refractivity contribution in [3.05, 3.63) is 11.8 Å². The van der Waals surface area contributed by atoms with Crippen molar-refractivity contribution in [3.63, 3.8) is 0 Å². The van der Waals surface area contributed by atoms with E-state index >= 15 is 0 Å². The first-order chi connectivity index (χ1) is 33.3. The Labute approximate surface area is 406 Å². The summed E-state index contributed by atoms with van der Waals surface area (Å²) in [5.41, 5.74) is 38.2. The molecule has 1 saturated heterocycles. The number of aliphatic imine (C=N–C) groups is 2. The molecule has 1 aliphatic rings. The topological polar surface area (TPSA) is 486 Å². The molecule has 1 heterocycles. The highest BCUT2D eigenvalue weighted by Gasteiger charge is 2.38. The normalized spacial score (nSPS) is 16.3. The van der Waals surface area contributed by atoms with E-state index < -0.39 is 114 Å². The highest BCUT2D eigenvalue weighted by atomic mass is 16.5. The van der Waals surface area contributed by atoms with Gasteiger partial charge in [-0.3, -0.25) is 43.3 Å². The number of aliphatic hydroxyl groups is 1. The molecule has 7 atom stereocenters. The summed E-state index contributed by atoms with van der Waals surface area (Å²) in [6, 6.07) is -7.56. The summed E-state index contributed by atoms with van der Waals surface area (Å²) in [6.45, 7) is 1.02. The molecule has 1 fully saturated rings. The van der Waals surface area contributed by atoms with E-state index in [9.17, 15) is 53.4 Å². The molecule has 0 spiro atoms. The number of aliphatic hydroxyl groups excluding tert-OH is 1. The third-order valence-corrected chi connectivity index (χ3v) is 10.7. The van der Waals surface area contributed by atoms with Gasteiger partial charge in [0.2, 0.25) is 35.4 Å². The van der Waals surface area contributed by atoms with Crippen LogP contribution in [0.5, 0.6) is 0 Å². The Morgan fingerprint density at radius 1 is 0.800 bits per heavy atom. The lowest BCUT2D eigenvalue weighted by molar-refractivity contribution is -0.137. The van der Waals surface area contributed by atoms with Crippen molar-refractivity contribution in [1.29, 1.82) is 0 Å². The molecule has 0 aromatic carbocycles. The zero-order valence-electron chi connectivity index (χ0n) is 40.1. The van der Waals surface area contributed by atoms with Gasteiger partial charge in [0.1, 0.15) is 41.6 Å². The number of unbranched alkanes of at least 4 members (excludes halogenated alkanes) is 2. The predicted octanol–water partition coefficient (Wildman–Crippen LogP) is -6.55. The number of carboxylic acid groups (broad SMARTS) is 1. The van der Waals surface area contributed by atoms with Gasteiger partial charge >= 0.3 is 5.97 Å². The highest BCUT2D eigenvalue weighted by molar-refractivity contribution is 6.40. The molecule has 28 heteroatoms. The van der Waals surface area contributed by atoms with E-state index in [1.165, 1.54) is 25.0 Å². The smallest absolute Gasteiger partial charge is 0.352 e. The lowest BCUT2D eigenvalue weighted by Crippen LogP contribution is -2.60. The zero-order valence-corrected chi connectivity index (χ0v) is 40.1. The quantitative estimate of drug-likeness (QED) is 0.0123. The van der Waals surface area contributed by atoms with Crippen LogP contribution in [0.3, 0.4) is 0 Å². The Hall–Kier alpha value is -6.17. The monoisotopic (exact) mass is 997 g/mol. The Morgan fingerprint density at radius 3 is 2.04 bits per heavy atom. The average molecular weight is 997 g/mol. The Balaban J connectivity index is 3.17. The van der Waals surface area contributed by atoms with E-state index in [0.29, 0.717) is 38.6 Å². The maximum Gasteiger partial charge on any atom is 0.352 e. The van der Waals surface area contributed by atoms with Gasteiger partial charge in [-0.2, -0.15) is 0 Å². The molecule has 0 bridgehead atoms. The van der Waals surface area contributed by atoms with Crippen molar-refractivity contribution in [2.75, 3.05) is 59.5 Å². The fraction of sp³-hybridized carbons (Fsp3) is 0.690. The Bertz CT molecular complexity index is 1850. The van der Waals surface area contributed by atoms with Crippen LogP contribution in [0, 0.1) is 0 Å². The maximum atomic E-state index is 14.0. The number of likely N-dealkylation sites (tertiary alicyclic amines) is 1. The van der Waals surface area contributed by atoms with Crippen molar-refractivity contribution < 1.29 is 58.1 Å². The van der Waals surface area contributed by atoms with Gasteiger partial charge in [-0.05, 0) is 97.2 Å². The molecule has 0 radical (unpaired) electrons. The van der Waals surface area contributed by atoms with E-state index in [4.69, 9.17) is 44.9 Å². The summed E-state index contributed by atoms with van der Waals surface area (Å²) < 4.78 is 5.16. The van der Waals surface area contributed by atoms with Crippen molar-refractivity contribution >= 4 is 64.9 Å². The molecule has 22 N–H and O–H groups in total. The lowest BCUT2D eigenvalue weighted by atomic mass is 10.1. The first kappa shape index (κ1) is 61.8. The number of aliphatic carboxylic acids is 1. The number of rotatable bonds is 34.